The summed E-state index contributed by atoms with van der Waals surface area (Å²) in [5.41, 5.74) is 3.37. The smallest absolute Gasteiger partial charge is 0.106 e. The maximum absolute atomic E-state index is 4.52. The van der Waals surface area contributed by atoms with E-state index in [1.807, 2.05) is 19.2 Å². The Morgan fingerprint density at radius 3 is 2.68 bits per heavy atom. The number of aromatic nitrogens is 2. The Hall–Kier alpha value is -1.90. The maximum Gasteiger partial charge on any atom is 0.106 e. The Bertz CT molecular complexity index is 540. The number of aryl methyl sites for hydroxylation is 2. The number of hydrogen-bond acceptors (Lipinski definition) is 2. The molecule has 3 heteroatoms. The molecule has 0 bridgehead atoms. The van der Waals surface area contributed by atoms with Crippen LogP contribution in [-0.4, -0.2) is 22.7 Å². The zero-order valence-electron chi connectivity index (χ0n) is 11.9. The molecule has 1 aromatic carbocycles. The second-order valence-electron chi connectivity index (χ2n) is 4.85. The van der Waals surface area contributed by atoms with Crippen LogP contribution in [0.5, 0.6) is 0 Å². The van der Waals surface area contributed by atoms with Crippen LogP contribution in [0.3, 0.4) is 0 Å². The molecule has 0 radical (unpaired) electrons. The zero-order chi connectivity index (χ0) is 13.7. The lowest BCUT2D eigenvalue weighted by molar-refractivity contribution is 0.777. The number of aromatic amines is 1. The van der Waals surface area contributed by atoms with Crippen molar-refractivity contribution in [2.45, 2.75) is 33.1 Å². The number of hydrogen-bond donors (Lipinski definition) is 1. The van der Waals surface area contributed by atoms with Crippen LogP contribution < -0.4 is 0 Å². The van der Waals surface area contributed by atoms with E-state index in [0.717, 1.165) is 30.2 Å². The maximum atomic E-state index is 4.52. The molecule has 1 heterocycles. The Labute approximate surface area is 114 Å². The molecule has 2 aromatic rings. The van der Waals surface area contributed by atoms with E-state index < -0.39 is 0 Å². The Morgan fingerprint density at radius 2 is 2.05 bits per heavy atom. The average molecular weight is 255 g/mol. The van der Waals surface area contributed by atoms with Crippen molar-refractivity contribution in [3.05, 3.63) is 53.1 Å². The van der Waals surface area contributed by atoms with Crippen molar-refractivity contribution in [3.8, 4) is 0 Å². The standard InChI is InChI=1S/C16H21N3/c1-4-16-18-13(3)15(19-16)11-17-10-12(2)14-8-6-5-7-9-14/h5-9,11-12H,4,10H2,1-3H3,(H,18,19)/t12-/m0/s1. The molecule has 0 amide bonds. The number of rotatable bonds is 5. The summed E-state index contributed by atoms with van der Waals surface area (Å²) in [7, 11) is 0. The fourth-order valence-electron chi connectivity index (χ4n) is 2.02. The number of aliphatic imine (C=N–C) groups is 1. The highest BCUT2D eigenvalue weighted by atomic mass is 14.9. The molecule has 0 aliphatic carbocycles. The first kappa shape index (κ1) is 13.5. The molecule has 0 unspecified atom stereocenters. The quantitative estimate of drug-likeness (QED) is 0.816. The second-order valence-corrected chi connectivity index (χ2v) is 4.85. The largest absolute Gasteiger partial charge is 0.346 e. The van der Waals surface area contributed by atoms with Gasteiger partial charge < -0.3 is 4.98 Å². The SMILES string of the molecule is CCc1nc(C=NC[C@H](C)c2ccccc2)c(C)[nH]1. The van der Waals surface area contributed by atoms with E-state index in [2.05, 4.69) is 53.1 Å². The number of nitrogens with zero attached hydrogens (tertiary/aromatic N) is 2. The number of H-pyrrole nitrogens is 1. The summed E-state index contributed by atoms with van der Waals surface area (Å²) in [5, 5.41) is 0. The van der Waals surface area contributed by atoms with E-state index in [0.29, 0.717) is 5.92 Å². The lowest BCUT2D eigenvalue weighted by atomic mass is 10.0. The molecule has 2 rings (SSSR count). The minimum absolute atomic E-state index is 0.433. The van der Waals surface area contributed by atoms with Gasteiger partial charge >= 0.3 is 0 Å². The predicted octanol–water partition coefficient (Wildman–Crippen LogP) is 3.50. The van der Waals surface area contributed by atoms with Gasteiger partial charge in [-0.05, 0) is 12.5 Å². The van der Waals surface area contributed by atoms with Gasteiger partial charge in [-0.15, -0.1) is 0 Å². The highest BCUT2D eigenvalue weighted by Crippen LogP contribution is 2.14. The van der Waals surface area contributed by atoms with E-state index >= 15 is 0 Å². The molecular formula is C16H21N3. The summed E-state index contributed by atoms with van der Waals surface area (Å²) >= 11 is 0. The zero-order valence-corrected chi connectivity index (χ0v) is 11.9. The normalized spacial score (nSPS) is 13.0. The highest BCUT2D eigenvalue weighted by molar-refractivity contribution is 5.78. The Kier molecular flexibility index (Phi) is 4.50. The number of imidazole rings is 1. The average Bonchev–Trinajstić information content (AvgIpc) is 2.80. The summed E-state index contributed by atoms with van der Waals surface area (Å²) in [4.78, 5) is 12.3. The Balaban J connectivity index is 1.98. The highest BCUT2D eigenvalue weighted by Gasteiger charge is 2.04. The van der Waals surface area contributed by atoms with Crippen molar-refractivity contribution in [1.29, 1.82) is 0 Å². The Morgan fingerprint density at radius 1 is 1.32 bits per heavy atom. The molecule has 1 atom stereocenters. The van der Waals surface area contributed by atoms with Gasteiger partial charge in [-0.25, -0.2) is 4.98 Å². The van der Waals surface area contributed by atoms with Crippen molar-refractivity contribution in [3.63, 3.8) is 0 Å². The van der Waals surface area contributed by atoms with Crippen LogP contribution in [0.25, 0.3) is 0 Å². The van der Waals surface area contributed by atoms with Gasteiger partial charge in [0.2, 0.25) is 0 Å². The number of nitrogens with one attached hydrogen (secondary N) is 1. The van der Waals surface area contributed by atoms with Gasteiger partial charge in [0.15, 0.2) is 0 Å². The van der Waals surface area contributed by atoms with Crippen molar-refractivity contribution in [2.75, 3.05) is 6.54 Å². The molecule has 0 aliphatic rings. The van der Waals surface area contributed by atoms with E-state index in [1.165, 1.54) is 5.56 Å². The van der Waals surface area contributed by atoms with Crippen LogP contribution in [-0.2, 0) is 6.42 Å². The summed E-state index contributed by atoms with van der Waals surface area (Å²) in [6.07, 6.45) is 2.81. The first-order chi connectivity index (χ1) is 9.20. The molecule has 3 nitrogen and oxygen atoms in total. The predicted molar refractivity (Wildman–Crippen MR) is 80.0 cm³/mol. The molecule has 19 heavy (non-hydrogen) atoms. The fraction of sp³-hybridized carbons (Fsp3) is 0.375. The molecule has 0 saturated heterocycles. The van der Waals surface area contributed by atoms with Crippen molar-refractivity contribution >= 4 is 6.21 Å². The molecule has 1 N–H and O–H groups in total. The number of benzene rings is 1. The molecule has 0 fully saturated rings. The molecule has 100 valence electrons. The fourth-order valence-corrected chi connectivity index (χ4v) is 2.02. The minimum Gasteiger partial charge on any atom is -0.346 e. The molecular weight excluding hydrogens is 234 g/mol. The van der Waals surface area contributed by atoms with Crippen LogP contribution in [0.4, 0.5) is 0 Å². The van der Waals surface area contributed by atoms with Gasteiger partial charge in [0, 0.05) is 30.8 Å². The molecule has 0 aliphatic heterocycles. The van der Waals surface area contributed by atoms with Crippen LogP contribution in [0.1, 0.15) is 42.5 Å². The van der Waals surface area contributed by atoms with E-state index in [4.69, 9.17) is 0 Å². The van der Waals surface area contributed by atoms with Crippen LogP contribution in [0.15, 0.2) is 35.3 Å². The second kappa shape index (κ2) is 6.32. The van der Waals surface area contributed by atoms with Gasteiger partial charge in [-0.3, -0.25) is 4.99 Å². The van der Waals surface area contributed by atoms with Gasteiger partial charge in [-0.1, -0.05) is 44.2 Å². The van der Waals surface area contributed by atoms with Crippen LogP contribution in [0.2, 0.25) is 0 Å². The minimum atomic E-state index is 0.433. The van der Waals surface area contributed by atoms with Crippen LogP contribution in [0, 0.1) is 6.92 Å². The van der Waals surface area contributed by atoms with Crippen molar-refractivity contribution in [1.82, 2.24) is 9.97 Å². The first-order valence-electron chi connectivity index (χ1n) is 6.81. The summed E-state index contributed by atoms with van der Waals surface area (Å²) < 4.78 is 0. The third-order valence-corrected chi connectivity index (χ3v) is 3.27. The topological polar surface area (TPSA) is 41.0 Å². The lowest BCUT2D eigenvalue weighted by Gasteiger charge is -2.07. The van der Waals surface area contributed by atoms with Crippen LogP contribution >= 0.6 is 0 Å². The van der Waals surface area contributed by atoms with Crippen molar-refractivity contribution < 1.29 is 0 Å². The first-order valence-corrected chi connectivity index (χ1v) is 6.81. The van der Waals surface area contributed by atoms with Gasteiger partial charge in [-0.2, -0.15) is 0 Å². The van der Waals surface area contributed by atoms with Gasteiger partial charge in [0.25, 0.3) is 0 Å². The third-order valence-electron chi connectivity index (χ3n) is 3.27. The van der Waals surface area contributed by atoms with E-state index in [9.17, 15) is 0 Å². The van der Waals surface area contributed by atoms with Gasteiger partial charge in [0.1, 0.15) is 11.5 Å². The monoisotopic (exact) mass is 255 g/mol. The summed E-state index contributed by atoms with van der Waals surface area (Å²) in [6, 6.07) is 10.5. The third kappa shape index (κ3) is 3.53. The molecule has 1 aromatic heterocycles. The summed E-state index contributed by atoms with van der Waals surface area (Å²) in [5.74, 6) is 1.46. The van der Waals surface area contributed by atoms with E-state index in [-0.39, 0.29) is 0 Å². The molecule has 0 spiro atoms. The van der Waals surface area contributed by atoms with Gasteiger partial charge in [0.05, 0.1) is 0 Å². The lowest BCUT2D eigenvalue weighted by Crippen LogP contribution is -1.98. The van der Waals surface area contributed by atoms with E-state index in [1.54, 1.807) is 0 Å². The van der Waals surface area contributed by atoms with Crippen molar-refractivity contribution in [2.24, 2.45) is 4.99 Å². The molecule has 0 saturated carbocycles. The summed E-state index contributed by atoms with van der Waals surface area (Å²) in [6.45, 7) is 7.12.